The van der Waals surface area contributed by atoms with Crippen LogP contribution in [0.15, 0.2) is 35.1 Å². The number of hydrogen-bond donors (Lipinski definition) is 2. The number of carbonyl (C=O) groups is 1. The molecule has 2 N–H and O–H groups in total. The predicted octanol–water partition coefficient (Wildman–Crippen LogP) is 2.48. The number of aromatic amines is 1. The number of H-pyrrole nitrogens is 1. The molecule has 0 bridgehead atoms. The molecular weight excluding hydrogens is 284 g/mol. The number of nitrogens with zero attached hydrogens (tertiary/aromatic N) is 3. The van der Waals surface area contributed by atoms with Crippen LogP contribution >= 0.6 is 11.6 Å². The molecule has 2 aromatic heterocycles. The highest BCUT2D eigenvalue weighted by molar-refractivity contribution is 6.30. The summed E-state index contributed by atoms with van der Waals surface area (Å²) in [5.41, 5.74) is 0.710. The first-order valence-corrected chi connectivity index (χ1v) is 5.89. The second-order valence-electron chi connectivity index (χ2n) is 3.86. The third-order valence-corrected chi connectivity index (χ3v) is 2.84. The number of carboxylic acids is 1. The van der Waals surface area contributed by atoms with Crippen molar-refractivity contribution >= 4 is 17.6 Å². The van der Waals surface area contributed by atoms with Gasteiger partial charge in [0.25, 0.3) is 5.89 Å². The number of aromatic nitrogens is 4. The van der Waals surface area contributed by atoms with Gasteiger partial charge in [-0.1, -0.05) is 16.8 Å². The molecule has 0 aliphatic rings. The third-order valence-electron chi connectivity index (χ3n) is 2.58. The molecule has 3 aromatic rings. The molecule has 0 amide bonds. The number of carboxylic acid groups (broad SMARTS) is 1. The standard InChI is InChI=1S/C12H7ClN4O3/c13-7-3-1-6(2-4-7)10-16-11(20-17-10)8-9(12(18)19)15-5-14-8/h1-5H,(H,14,15)(H,18,19). The maximum atomic E-state index is 11.0. The second-order valence-corrected chi connectivity index (χ2v) is 4.30. The Morgan fingerprint density at radius 1 is 1.30 bits per heavy atom. The van der Waals surface area contributed by atoms with Gasteiger partial charge in [0.2, 0.25) is 5.82 Å². The van der Waals surface area contributed by atoms with Crippen LogP contribution in [0.5, 0.6) is 0 Å². The first kappa shape index (κ1) is 12.4. The van der Waals surface area contributed by atoms with Crippen molar-refractivity contribution in [3.8, 4) is 23.0 Å². The number of halogens is 1. The second kappa shape index (κ2) is 4.78. The van der Waals surface area contributed by atoms with Crippen LogP contribution in [0.25, 0.3) is 23.0 Å². The van der Waals surface area contributed by atoms with Gasteiger partial charge in [-0.3, -0.25) is 0 Å². The molecule has 3 rings (SSSR count). The van der Waals surface area contributed by atoms with Gasteiger partial charge >= 0.3 is 5.97 Å². The van der Waals surface area contributed by atoms with Crippen molar-refractivity contribution in [1.29, 1.82) is 0 Å². The first-order valence-electron chi connectivity index (χ1n) is 5.52. The first-order chi connectivity index (χ1) is 9.65. The lowest BCUT2D eigenvalue weighted by Crippen LogP contribution is -1.99. The summed E-state index contributed by atoms with van der Waals surface area (Å²) in [5, 5.41) is 13.4. The SMILES string of the molecule is O=C(O)c1nc[nH]c1-c1nc(-c2ccc(Cl)cc2)no1. The van der Waals surface area contributed by atoms with Gasteiger partial charge in [0, 0.05) is 10.6 Å². The molecule has 0 spiro atoms. The molecule has 0 saturated heterocycles. The summed E-state index contributed by atoms with van der Waals surface area (Å²) >= 11 is 5.80. The Hall–Kier alpha value is -2.67. The average Bonchev–Trinajstić information content (AvgIpc) is 3.08. The monoisotopic (exact) mass is 290 g/mol. The number of aromatic carboxylic acids is 1. The Bertz CT molecular complexity index is 763. The number of imidazole rings is 1. The summed E-state index contributed by atoms with van der Waals surface area (Å²) < 4.78 is 5.06. The molecule has 8 heteroatoms. The highest BCUT2D eigenvalue weighted by atomic mass is 35.5. The molecule has 20 heavy (non-hydrogen) atoms. The molecule has 0 unspecified atom stereocenters. The Kier molecular flexibility index (Phi) is 2.96. The quantitative estimate of drug-likeness (QED) is 0.767. The van der Waals surface area contributed by atoms with Gasteiger partial charge in [0.15, 0.2) is 5.69 Å². The lowest BCUT2D eigenvalue weighted by Gasteiger charge is -1.93. The summed E-state index contributed by atoms with van der Waals surface area (Å²) in [5.74, 6) is -0.778. The van der Waals surface area contributed by atoms with Crippen molar-refractivity contribution in [2.45, 2.75) is 0 Å². The van der Waals surface area contributed by atoms with E-state index in [-0.39, 0.29) is 17.3 Å². The lowest BCUT2D eigenvalue weighted by atomic mass is 10.2. The summed E-state index contributed by atoms with van der Waals surface area (Å²) in [6, 6.07) is 6.88. The molecule has 7 nitrogen and oxygen atoms in total. The van der Waals surface area contributed by atoms with Crippen molar-refractivity contribution in [1.82, 2.24) is 20.1 Å². The molecule has 0 fully saturated rings. The number of rotatable bonds is 3. The van der Waals surface area contributed by atoms with Crippen molar-refractivity contribution in [3.05, 3.63) is 41.3 Å². The summed E-state index contributed by atoms with van der Waals surface area (Å²) in [4.78, 5) is 21.5. The van der Waals surface area contributed by atoms with Crippen molar-refractivity contribution in [2.75, 3.05) is 0 Å². The molecule has 0 atom stereocenters. The number of benzene rings is 1. The van der Waals surface area contributed by atoms with Crippen LogP contribution in [0.3, 0.4) is 0 Å². The minimum absolute atomic E-state index is 0.0600. The van der Waals surface area contributed by atoms with E-state index in [4.69, 9.17) is 21.2 Å². The maximum absolute atomic E-state index is 11.0. The van der Waals surface area contributed by atoms with Gasteiger partial charge in [-0.25, -0.2) is 9.78 Å². The topological polar surface area (TPSA) is 105 Å². The van der Waals surface area contributed by atoms with Crippen LogP contribution in [0.4, 0.5) is 0 Å². The fraction of sp³-hybridized carbons (Fsp3) is 0. The van der Waals surface area contributed by atoms with E-state index in [0.29, 0.717) is 16.4 Å². The average molecular weight is 291 g/mol. The molecule has 1 aromatic carbocycles. The Balaban J connectivity index is 2.00. The molecule has 0 aliphatic carbocycles. The van der Waals surface area contributed by atoms with Gasteiger partial charge < -0.3 is 14.6 Å². The number of nitrogens with one attached hydrogen (secondary N) is 1. The van der Waals surface area contributed by atoms with Gasteiger partial charge in [-0.05, 0) is 24.3 Å². The van der Waals surface area contributed by atoms with E-state index in [9.17, 15) is 4.79 Å². The van der Waals surface area contributed by atoms with Crippen LogP contribution in [-0.2, 0) is 0 Å². The normalized spacial score (nSPS) is 10.7. The smallest absolute Gasteiger partial charge is 0.356 e. The Morgan fingerprint density at radius 3 is 2.75 bits per heavy atom. The summed E-state index contributed by atoms with van der Waals surface area (Å²) in [6.45, 7) is 0. The van der Waals surface area contributed by atoms with Crippen LogP contribution < -0.4 is 0 Å². The van der Waals surface area contributed by atoms with E-state index in [0.717, 1.165) is 0 Å². The number of hydrogen-bond acceptors (Lipinski definition) is 5. The van der Waals surface area contributed by atoms with E-state index in [1.54, 1.807) is 24.3 Å². The van der Waals surface area contributed by atoms with Gasteiger partial charge in [0.05, 0.1) is 6.33 Å². The Morgan fingerprint density at radius 2 is 2.05 bits per heavy atom. The van der Waals surface area contributed by atoms with E-state index >= 15 is 0 Å². The largest absolute Gasteiger partial charge is 0.476 e. The lowest BCUT2D eigenvalue weighted by molar-refractivity contribution is 0.0691. The fourth-order valence-corrected chi connectivity index (χ4v) is 1.79. The molecule has 0 saturated carbocycles. The van der Waals surface area contributed by atoms with Crippen LogP contribution in [0.1, 0.15) is 10.5 Å². The van der Waals surface area contributed by atoms with E-state index in [1.807, 2.05) is 0 Å². The van der Waals surface area contributed by atoms with Crippen LogP contribution in [0, 0.1) is 0 Å². The van der Waals surface area contributed by atoms with Crippen molar-refractivity contribution < 1.29 is 14.4 Å². The zero-order chi connectivity index (χ0) is 14.1. The molecule has 100 valence electrons. The minimum Gasteiger partial charge on any atom is -0.476 e. The zero-order valence-corrected chi connectivity index (χ0v) is 10.6. The van der Waals surface area contributed by atoms with Gasteiger partial charge in [-0.2, -0.15) is 4.98 Å². The van der Waals surface area contributed by atoms with E-state index in [1.165, 1.54) is 6.33 Å². The molecule has 0 aliphatic heterocycles. The summed E-state index contributed by atoms with van der Waals surface area (Å²) in [6.07, 6.45) is 1.25. The van der Waals surface area contributed by atoms with Crippen molar-refractivity contribution in [2.24, 2.45) is 0 Å². The molecule has 0 radical (unpaired) electrons. The Labute approximate surface area is 117 Å². The van der Waals surface area contributed by atoms with E-state index < -0.39 is 5.97 Å². The third kappa shape index (κ3) is 2.14. The molecule has 2 heterocycles. The van der Waals surface area contributed by atoms with E-state index in [2.05, 4.69) is 20.1 Å². The highest BCUT2D eigenvalue weighted by Gasteiger charge is 2.20. The molecular formula is C12H7ClN4O3. The minimum atomic E-state index is -1.17. The maximum Gasteiger partial charge on any atom is 0.356 e. The predicted molar refractivity (Wildman–Crippen MR) is 69.3 cm³/mol. The zero-order valence-electron chi connectivity index (χ0n) is 9.87. The van der Waals surface area contributed by atoms with Crippen LogP contribution in [-0.4, -0.2) is 31.2 Å². The fourth-order valence-electron chi connectivity index (χ4n) is 1.66. The summed E-state index contributed by atoms with van der Waals surface area (Å²) in [7, 11) is 0. The highest BCUT2D eigenvalue weighted by Crippen LogP contribution is 2.23. The van der Waals surface area contributed by atoms with Crippen LogP contribution in [0.2, 0.25) is 5.02 Å². The van der Waals surface area contributed by atoms with Gasteiger partial charge in [0.1, 0.15) is 5.69 Å². The van der Waals surface area contributed by atoms with Gasteiger partial charge in [-0.15, -0.1) is 0 Å². The van der Waals surface area contributed by atoms with Crippen molar-refractivity contribution in [3.63, 3.8) is 0 Å².